The summed E-state index contributed by atoms with van der Waals surface area (Å²) in [5.41, 5.74) is 0.692. The quantitative estimate of drug-likeness (QED) is 0.647. The van der Waals surface area contributed by atoms with Crippen LogP contribution in [-0.2, 0) is 0 Å². The van der Waals surface area contributed by atoms with E-state index in [1.807, 2.05) is 0 Å². The van der Waals surface area contributed by atoms with Crippen LogP contribution in [0.25, 0.3) is 0 Å². The van der Waals surface area contributed by atoms with Crippen LogP contribution in [0.1, 0.15) is 52.4 Å². The van der Waals surface area contributed by atoms with Crippen LogP contribution in [0.3, 0.4) is 0 Å². The van der Waals surface area contributed by atoms with Crippen LogP contribution >= 0.6 is 0 Å². The van der Waals surface area contributed by atoms with E-state index in [4.69, 9.17) is 0 Å². The van der Waals surface area contributed by atoms with Crippen LogP contribution in [0, 0.1) is 5.41 Å². The van der Waals surface area contributed by atoms with Crippen molar-refractivity contribution in [2.24, 2.45) is 5.41 Å². The molecular weight excluding hydrogens is 158 g/mol. The lowest BCUT2D eigenvalue weighted by atomic mass is 9.70. The molecular formula is C12H23N. The minimum atomic E-state index is 0.692. The highest BCUT2D eigenvalue weighted by Crippen LogP contribution is 2.42. The summed E-state index contributed by atoms with van der Waals surface area (Å²) in [6.07, 6.45) is 8.66. The third kappa shape index (κ3) is 1.90. The molecule has 1 aliphatic heterocycles. The molecule has 0 radical (unpaired) electrons. The first-order chi connectivity index (χ1) is 6.23. The molecule has 2 aliphatic rings. The lowest BCUT2D eigenvalue weighted by Crippen LogP contribution is -2.42. The second-order valence-corrected chi connectivity index (χ2v) is 5.34. The van der Waals surface area contributed by atoms with E-state index in [0.717, 1.165) is 6.04 Å². The highest BCUT2D eigenvalue weighted by atomic mass is 15.2. The van der Waals surface area contributed by atoms with E-state index in [-0.39, 0.29) is 0 Å². The summed E-state index contributed by atoms with van der Waals surface area (Å²) < 4.78 is 0. The number of hydrogen-bond acceptors (Lipinski definition) is 1. The van der Waals surface area contributed by atoms with Gasteiger partial charge < -0.3 is 0 Å². The van der Waals surface area contributed by atoms with Crippen molar-refractivity contribution in [3.63, 3.8) is 0 Å². The third-order valence-corrected chi connectivity index (χ3v) is 4.12. The van der Waals surface area contributed by atoms with Gasteiger partial charge in [-0.1, -0.05) is 20.3 Å². The summed E-state index contributed by atoms with van der Waals surface area (Å²) in [5, 5.41) is 0. The van der Waals surface area contributed by atoms with Crippen molar-refractivity contribution < 1.29 is 0 Å². The topological polar surface area (TPSA) is 3.24 Å². The molecule has 1 saturated heterocycles. The van der Waals surface area contributed by atoms with E-state index in [9.17, 15) is 0 Å². The van der Waals surface area contributed by atoms with Crippen LogP contribution in [0.15, 0.2) is 0 Å². The lowest BCUT2D eigenvalue weighted by Gasteiger charge is -2.42. The van der Waals surface area contributed by atoms with Crippen molar-refractivity contribution >= 4 is 0 Å². The minimum Gasteiger partial charge on any atom is -0.300 e. The third-order valence-electron chi connectivity index (χ3n) is 4.12. The summed E-state index contributed by atoms with van der Waals surface area (Å²) >= 11 is 0. The molecule has 0 aromatic heterocycles. The number of likely N-dealkylation sites (tertiary alicyclic amines) is 1. The Morgan fingerprint density at radius 1 is 1.31 bits per heavy atom. The molecule has 0 aromatic rings. The van der Waals surface area contributed by atoms with Gasteiger partial charge in [0.2, 0.25) is 0 Å². The largest absolute Gasteiger partial charge is 0.300 e. The Hall–Kier alpha value is -0.0400. The molecule has 1 nitrogen and oxygen atoms in total. The Kier molecular flexibility index (Phi) is 2.64. The van der Waals surface area contributed by atoms with Gasteiger partial charge >= 0.3 is 0 Å². The van der Waals surface area contributed by atoms with Crippen LogP contribution in [0.5, 0.6) is 0 Å². The van der Waals surface area contributed by atoms with Crippen LogP contribution in [-0.4, -0.2) is 24.0 Å². The average molecular weight is 181 g/mol. The molecule has 1 heterocycles. The van der Waals surface area contributed by atoms with Crippen molar-refractivity contribution in [1.82, 2.24) is 4.90 Å². The van der Waals surface area contributed by atoms with Gasteiger partial charge in [0.1, 0.15) is 0 Å². The predicted octanol–water partition coefficient (Wildman–Crippen LogP) is 3.05. The minimum absolute atomic E-state index is 0.692. The van der Waals surface area contributed by atoms with E-state index in [2.05, 4.69) is 18.7 Å². The maximum Gasteiger partial charge on any atom is 0.00933 e. The van der Waals surface area contributed by atoms with Gasteiger partial charge in [0, 0.05) is 12.6 Å². The summed E-state index contributed by atoms with van der Waals surface area (Å²) in [7, 11) is 0. The zero-order chi connectivity index (χ0) is 9.31. The Labute approximate surface area is 82.5 Å². The molecule has 1 atom stereocenters. The lowest BCUT2D eigenvalue weighted by molar-refractivity contribution is 0.0774. The van der Waals surface area contributed by atoms with Gasteiger partial charge in [-0.15, -0.1) is 0 Å². The van der Waals surface area contributed by atoms with Gasteiger partial charge in [-0.05, 0) is 44.1 Å². The zero-order valence-corrected chi connectivity index (χ0v) is 9.18. The molecule has 1 heteroatoms. The second kappa shape index (κ2) is 3.61. The van der Waals surface area contributed by atoms with Crippen LogP contribution < -0.4 is 0 Å². The Bertz CT molecular complexity index is 172. The Morgan fingerprint density at radius 3 is 2.62 bits per heavy atom. The number of hydrogen-bond donors (Lipinski definition) is 0. The maximum atomic E-state index is 2.75. The summed E-state index contributed by atoms with van der Waals surface area (Å²) in [5.74, 6) is 0. The monoisotopic (exact) mass is 181 g/mol. The fourth-order valence-electron chi connectivity index (χ4n) is 2.99. The number of nitrogens with zero attached hydrogens (tertiary/aromatic N) is 1. The molecule has 0 spiro atoms. The molecule has 1 unspecified atom stereocenters. The van der Waals surface area contributed by atoms with Crippen molar-refractivity contribution in [2.75, 3.05) is 13.1 Å². The van der Waals surface area contributed by atoms with Gasteiger partial charge in [0.25, 0.3) is 0 Å². The average Bonchev–Trinajstić information content (AvgIpc) is 2.49. The van der Waals surface area contributed by atoms with Gasteiger partial charge in [0.05, 0.1) is 0 Å². The number of rotatable bonds is 3. The summed E-state index contributed by atoms with van der Waals surface area (Å²) in [6, 6.07) is 0.914. The Balaban J connectivity index is 1.86. The molecule has 0 aromatic carbocycles. The molecule has 1 saturated carbocycles. The van der Waals surface area contributed by atoms with Crippen molar-refractivity contribution in [3.8, 4) is 0 Å². The molecule has 0 amide bonds. The Morgan fingerprint density at radius 2 is 2.08 bits per heavy atom. The van der Waals surface area contributed by atoms with E-state index in [1.165, 1.54) is 51.6 Å². The fourth-order valence-corrected chi connectivity index (χ4v) is 2.99. The van der Waals surface area contributed by atoms with Crippen LogP contribution in [0.4, 0.5) is 0 Å². The first-order valence-corrected chi connectivity index (χ1v) is 5.97. The molecule has 13 heavy (non-hydrogen) atoms. The van der Waals surface area contributed by atoms with Crippen molar-refractivity contribution in [1.29, 1.82) is 0 Å². The molecule has 76 valence electrons. The molecule has 2 fully saturated rings. The first-order valence-electron chi connectivity index (χ1n) is 5.97. The van der Waals surface area contributed by atoms with Gasteiger partial charge in [0.15, 0.2) is 0 Å². The SMILES string of the molecule is CCC1CCCN1CC1(C)CCC1. The normalized spacial score (nSPS) is 33.2. The van der Waals surface area contributed by atoms with Crippen molar-refractivity contribution in [3.05, 3.63) is 0 Å². The van der Waals surface area contributed by atoms with Crippen molar-refractivity contribution in [2.45, 2.75) is 58.4 Å². The van der Waals surface area contributed by atoms with Gasteiger partial charge in [-0.25, -0.2) is 0 Å². The van der Waals surface area contributed by atoms with E-state index in [1.54, 1.807) is 0 Å². The zero-order valence-electron chi connectivity index (χ0n) is 9.18. The molecule has 0 bridgehead atoms. The summed E-state index contributed by atoms with van der Waals surface area (Å²) in [6.45, 7) is 7.56. The predicted molar refractivity (Wildman–Crippen MR) is 56.8 cm³/mol. The van der Waals surface area contributed by atoms with E-state index in [0.29, 0.717) is 5.41 Å². The molecule has 0 N–H and O–H groups in total. The first kappa shape index (κ1) is 9.51. The molecule has 2 rings (SSSR count). The van der Waals surface area contributed by atoms with E-state index >= 15 is 0 Å². The molecule has 1 aliphatic carbocycles. The summed E-state index contributed by atoms with van der Waals surface area (Å²) in [4.78, 5) is 2.75. The van der Waals surface area contributed by atoms with Crippen LogP contribution in [0.2, 0.25) is 0 Å². The highest BCUT2D eigenvalue weighted by Gasteiger charge is 2.36. The smallest absolute Gasteiger partial charge is 0.00933 e. The highest BCUT2D eigenvalue weighted by molar-refractivity contribution is 4.89. The standard InChI is InChI=1S/C12H23N/c1-3-11-6-4-9-13(11)10-12(2)7-5-8-12/h11H,3-10H2,1-2H3. The second-order valence-electron chi connectivity index (χ2n) is 5.34. The van der Waals surface area contributed by atoms with E-state index < -0.39 is 0 Å². The van der Waals surface area contributed by atoms with Gasteiger partial charge in [-0.3, -0.25) is 4.90 Å². The maximum absolute atomic E-state index is 2.75. The fraction of sp³-hybridized carbons (Fsp3) is 1.00. The van der Waals surface area contributed by atoms with Gasteiger partial charge in [-0.2, -0.15) is 0 Å².